The van der Waals surface area contributed by atoms with Crippen LogP contribution in [0.25, 0.3) is 16.9 Å². The molecule has 110 valence electrons. The van der Waals surface area contributed by atoms with Crippen molar-refractivity contribution in [2.24, 2.45) is 7.05 Å². The maximum Gasteiger partial charge on any atom is 0.207 e. The molecule has 21 heavy (non-hydrogen) atoms. The van der Waals surface area contributed by atoms with Gasteiger partial charge in [0.05, 0.1) is 11.4 Å². The molecular formula is C15H18BrN5. The van der Waals surface area contributed by atoms with Gasteiger partial charge in [-0.1, -0.05) is 29.3 Å². The zero-order chi connectivity index (χ0) is 15.1. The largest absolute Gasteiger partial charge is 0.369 e. The molecule has 0 radical (unpaired) electrons. The lowest BCUT2D eigenvalue weighted by Crippen LogP contribution is -2.05. The summed E-state index contributed by atoms with van der Waals surface area (Å²) in [5, 5.41) is 4.58. The van der Waals surface area contributed by atoms with Crippen LogP contribution in [0.4, 0.5) is 5.95 Å². The van der Waals surface area contributed by atoms with E-state index in [1.54, 1.807) is 0 Å². The molecule has 3 rings (SSSR count). The third-order valence-electron chi connectivity index (χ3n) is 3.50. The highest BCUT2D eigenvalue weighted by Crippen LogP contribution is 2.27. The van der Waals surface area contributed by atoms with Gasteiger partial charge in [-0.25, -0.2) is 9.67 Å². The van der Waals surface area contributed by atoms with Gasteiger partial charge < -0.3 is 5.73 Å². The maximum absolute atomic E-state index is 6.16. The van der Waals surface area contributed by atoms with Crippen molar-refractivity contribution >= 4 is 33.0 Å². The van der Waals surface area contributed by atoms with Crippen LogP contribution in [-0.2, 0) is 13.5 Å². The molecule has 5 nitrogen and oxygen atoms in total. The molecule has 3 aromatic rings. The number of rotatable bonds is 3. The van der Waals surface area contributed by atoms with Crippen LogP contribution >= 0.6 is 15.9 Å². The van der Waals surface area contributed by atoms with Crippen LogP contribution in [0, 0.1) is 6.92 Å². The van der Waals surface area contributed by atoms with Crippen molar-refractivity contribution in [2.75, 3.05) is 5.73 Å². The second-order valence-corrected chi connectivity index (χ2v) is 6.20. The summed E-state index contributed by atoms with van der Waals surface area (Å²) in [5.74, 6) is 0.493. The van der Waals surface area contributed by atoms with E-state index in [0.717, 1.165) is 45.4 Å². The minimum atomic E-state index is 0.493. The maximum atomic E-state index is 6.16. The predicted molar refractivity (Wildman–Crippen MR) is 88.7 cm³/mol. The van der Waals surface area contributed by atoms with Crippen LogP contribution in [0.1, 0.15) is 24.6 Å². The molecule has 0 atom stereocenters. The Morgan fingerprint density at radius 2 is 2.05 bits per heavy atom. The first-order valence-electron chi connectivity index (χ1n) is 6.98. The van der Waals surface area contributed by atoms with E-state index in [1.165, 1.54) is 0 Å². The van der Waals surface area contributed by atoms with Crippen molar-refractivity contribution in [1.82, 2.24) is 19.3 Å². The average Bonchev–Trinajstić information content (AvgIpc) is 2.87. The first-order chi connectivity index (χ1) is 10.0. The number of imidazole rings is 1. The molecule has 0 unspecified atom stereocenters. The van der Waals surface area contributed by atoms with Gasteiger partial charge in [0.25, 0.3) is 0 Å². The second kappa shape index (κ2) is 5.18. The number of hydrogen-bond donors (Lipinski definition) is 1. The van der Waals surface area contributed by atoms with Gasteiger partial charge >= 0.3 is 0 Å². The van der Waals surface area contributed by atoms with Crippen LogP contribution in [-0.4, -0.2) is 19.3 Å². The molecule has 1 aromatic carbocycles. The summed E-state index contributed by atoms with van der Waals surface area (Å²) in [6, 6.07) is 6.20. The Morgan fingerprint density at radius 3 is 2.71 bits per heavy atom. The fourth-order valence-corrected chi connectivity index (χ4v) is 3.30. The quantitative estimate of drug-likeness (QED) is 0.789. The molecule has 2 N–H and O–H groups in total. The Balaban J connectivity index is 2.29. The Morgan fingerprint density at radius 1 is 1.29 bits per heavy atom. The number of aromatic nitrogens is 4. The topological polar surface area (TPSA) is 61.7 Å². The number of hydrogen-bond acceptors (Lipinski definition) is 3. The molecule has 2 aromatic heterocycles. The third kappa shape index (κ3) is 2.33. The van der Waals surface area contributed by atoms with E-state index in [9.17, 15) is 0 Å². The fourth-order valence-electron chi connectivity index (χ4n) is 2.70. The summed E-state index contributed by atoms with van der Waals surface area (Å²) in [4.78, 5) is 4.53. The number of aryl methyl sites for hydroxylation is 3. The normalized spacial score (nSPS) is 11.4. The number of benzene rings is 1. The molecule has 0 saturated heterocycles. The van der Waals surface area contributed by atoms with E-state index in [4.69, 9.17) is 5.73 Å². The number of anilines is 1. The molecular weight excluding hydrogens is 330 g/mol. The molecule has 0 aliphatic rings. The summed E-state index contributed by atoms with van der Waals surface area (Å²) in [7, 11) is 1.93. The Hall–Kier alpha value is -1.82. The predicted octanol–water partition coefficient (Wildman–Crippen LogP) is 3.36. The van der Waals surface area contributed by atoms with Crippen molar-refractivity contribution < 1.29 is 0 Å². The van der Waals surface area contributed by atoms with Gasteiger partial charge in [-0.3, -0.25) is 4.57 Å². The van der Waals surface area contributed by atoms with Crippen molar-refractivity contribution in [3.05, 3.63) is 33.9 Å². The lowest BCUT2D eigenvalue weighted by Gasteiger charge is -2.08. The Kier molecular flexibility index (Phi) is 3.49. The molecule has 0 bridgehead atoms. The molecule has 6 heteroatoms. The van der Waals surface area contributed by atoms with Gasteiger partial charge in [0, 0.05) is 11.5 Å². The average molecular weight is 348 g/mol. The zero-order valence-corrected chi connectivity index (χ0v) is 14.0. The van der Waals surface area contributed by atoms with Crippen LogP contribution < -0.4 is 5.73 Å². The summed E-state index contributed by atoms with van der Waals surface area (Å²) in [5.41, 5.74) is 11.2. The number of nitrogen functional groups attached to an aromatic ring is 1. The zero-order valence-electron chi connectivity index (χ0n) is 12.4. The molecule has 0 aliphatic carbocycles. The van der Waals surface area contributed by atoms with E-state index in [2.05, 4.69) is 52.0 Å². The molecule has 0 aliphatic heterocycles. The highest BCUT2D eigenvalue weighted by molar-refractivity contribution is 9.10. The van der Waals surface area contributed by atoms with Gasteiger partial charge in [0.2, 0.25) is 5.95 Å². The lowest BCUT2D eigenvalue weighted by atomic mass is 10.2. The standard InChI is InChI=1S/C15H18BrN5/c1-4-5-12-13-14(20(3)19-12)21(15(17)18-13)11-7-9(2)6-10(16)8-11/h6-8H,4-5H2,1-3H3,(H2,17,18). The fraction of sp³-hybridized carbons (Fsp3) is 0.333. The Labute approximate surface area is 131 Å². The van der Waals surface area contributed by atoms with Gasteiger partial charge in [-0.2, -0.15) is 5.10 Å². The SMILES string of the molecule is CCCc1nn(C)c2c1nc(N)n2-c1cc(C)cc(Br)c1. The van der Waals surface area contributed by atoms with Crippen molar-refractivity contribution in [2.45, 2.75) is 26.7 Å². The van der Waals surface area contributed by atoms with E-state index >= 15 is 0 Å². The highest BCUT2D eigenvalue weighted by Gasteiger charge is 2.18. The van der Waals surface area contributed by atoms with E-state index in [0.29, 0.717) is 5.95 Å². The minimum Gasteiger partial charge on any atom is -0.369 e. The summed E-state index contributed by atoms with van der Waals surface area (Å²) in [6.07, 6.45) is 1.94. The first kappa shape index (κ1) is 14.1. The number of fused-ring (bicyclic) bond motifs is 1. The summed E-state index contributed by atoms with van der Waals surface area (Å²) < 4.78 is 4.84. The second-order valence-electron chi connectivity index (χ2n) is 5.28. The van der Waals surface area contributed by atoms with E-state index in [1.807, 2.05) is 22.4 Å². The van der Waals surface area contributed by atoms with Gasteiger partial charge in [0.1, 0.15) is 5.52 Å². The van der Waals surface area contributed by atoms with Crippen LogP contribution in [0.2, 0.25) is 0 Å². The molecule has 2 heterocycles. The highest BCUT2D eigenvalue weighted by atomic mass is 79.9. The lowest BCUT2D eigenvalue weighted by molar-refractivity contribution is 0.737. The molecule has 0 spiro atoms. The van der Waals surface area contributed by atoms with Crippen LogP contribution in [0.5, 0.6) is 0 Å². The molecule has 0 amide bonds. The number of nitrogens with two attached hydrogens (primary N) is 1. The van der Waals surface area contributed by atoms with Gasteiger partial charge in [-0.15, -0.1) is 0 Å². The summed E-state index contributed by atoms with van der Waals surface area (Å²) >= 11 is 3.54. The van der Waals surface area contributed by atoms with Crippen molar-refractivity contribution in [1.29, 1.82) is 0 Å². The molecule has 0 fully saturated rings. The van der Waals surface area contributed by atoms with Crippen LogP contribution in [0.15, 0.2) is 22.7 Å². The van der Waals surface area contributed by atoms with Gasteiger partial charge in [-0.05, 0) is 37.1 Å². The molecule has 0 saturated carbocycles. The monoisotopic (exact) mass is 347 g/mol. The van der Waals surface area contributed by atoms with Crippen molar-refractivity contribution in [3.63, 3.8) is 0 Å². The number of halogens is 1. The van der Waals surface area contributed by atoms with Crippen LogP contribution in [0.3, 0.4) is 0 Å². The van der Waals surface area contributed by atoms with E-state index < -0.39 is 0 Å². The summed E-state index contributed by atoms with van der Waals surface area (Å²) in [6.45, 7) is 4.20. The van der Waals surface area contributed by atoms with Crippen molar-refractivity contribution in [3.8, 4) is 5.69 Å². The first-order valence-corrected chi connectivity index (χ1v) is 7.78. The van der Waals surface area contributed by atoms with E-state index in [-0.39, 0.29) is 0 Å². The smallest absolute Gasteiger partial charge is 0.207 e. The Bertz CT molecular complexity index is 795. The number of nitrogens with zero attached hydrogens (tertiary/aromatic N) is 4. The minimum absolute atomic E-state index is 0.493. The third-order valence-corrected chi connectivity index (χ3v) is 3.96. The van der Waals surface area contributed by atoms with Gasteiger partial charge in [0.15, 0.2) is 5.65 Å².